The van der Waals surface area contributed by atoms with Gasteiger partial charge in [-0.3, -0.25) is 4.98 Å². The summed E-state index contributed by atoms with van der Waals surface area (Å²) >= 11 is 0. The number of hydrogen-bond donors (Lipinski definition) is 1. The molecule has 3 heterocycles. The van der Waals surface area contributed by atoms with Crippen molar-refractivity contribution in [3.05, 3.63) is 77.8 Å². The second kappa shape index (κ2) is 7.41. The van der Waals surface area contributed by atoms with Gasteiger partial charge in [0.15, 0.2) is 0 Å². The quantitative estimate of drug-likeness (QED) is 0.451. The average Bonchev–Trinajstić information content (AvgIpc) is 3.54. The lowest BCUT2D eigenvalue weighted by Gasteiger charge is -2.33. The first kappa shape index (κ1) is 18.9. The number of benzene rings is 1. The van der Waals surface area contributed by atoms with Crippen LogP contribution in [0.3, 0.4) is 0 Å². The minimum atomic E-state index is -0.469. The number of imidazole rings is 1. The summed E-state index contributed by atoms with van der Waals surface area (Å²) in [5.41, 5.74) is 5.08. The van der Waals surface area contributed by atoms with E-state index in [1.165, 1.54) is 30.0 Å². The fourth-order valence-corrected chi connectivity index (χ4v) is 5.60. The first-order chi connectivity index (χ1) is 15.2. The van der Waals surface area contributed by atoms with E-state index in [-0.39, 0.29) is 11.7 Å². The Balaban J connectivity index is 1.27. The molecule has 1 atom stereocenters. The molecule has 2 aliphatic rings. The van der Waals surface area contributed by atoms with E-state index in [2.05, 4.69) is 22.2 Å². The summed E-state index contributed by atoms with van der Waals surface area (Å²) in [6.07, 6.45) is 13.4. The van der Waals surface area contributed by atoms with E-state index >= 15 is 0 Å². The summed E-state index contributed by atoms with van der Waals surface area (Å²) in [6.45, 7) is 0. The van der Waals surface area contributed by atoms with Crippen LogP contribution in [0.25, 0.3) is 16.4 Å². The topological polar surface area (TPSA) is 50.4 Å². The van der Waals surface area contributed by atoms with Crippen molar-refractivity contribution in [2.75, 3.05) is 0 Å². The molecular formula is C26H26FN3O. The number of fused-ring (bicyclic) bond motifs is 2. The third-order valence-electron chi connectivity index (χ3n) is 7.39. The Kier molecular flexibility index (Phi) is 4.53. The molecule has 5 heteroatoms. The van der Waals surface area contributed by atoms with Crippen molar-refractivity contribution in [2.45, 2.75) is 56.5 Å². The molecule has 0 radical (unpaired) electrons. The van der Waals surface area contributed by atoms with Crippen LogP contribution < -0.4 is 0 Å². The molecule has 31 heavy (non-hydrogen) atoms. The zero-order valence-electron chi connectivity index (χ0n) is 17.4. The highest BCUT2D eigenvalue weighted by molar-refractivity contribution is 5.83. The Morgan fingerprint density at radius 3 is 2.55 bits per heavy atom. The normalized spacial score (nSPS) is 22.8. The lowest BCUT2D eigenvalue weighted by Crippen LogP contribution is -2.21. The van der Waals surface area contributed by atoms with E-state index < -0.39 is 6.10 Å². The molecule has 0 bridgehead atoms. The van der Waals surface area contributed by atoms with Crippen LogP contribution in [0.5, 0.6) is 0 Å². The molecule has 4 nitrogen and oxygen atoms in total. The first-order valence-electron chi connectivity index (χ1n) is 11.4. The highest BCUT2D eigenvalue weighted by atomic mass is 19.1. The Morgan fingerprint density at radius 2 is 1.74 bits per heavy atom. The van der Waals surface area contributed by atoms with Crippen LogP contribution >= 0.6 is 0 Å². The van der Waals surface area contributed by atoms with E-state index in [0.717, 1.165) is 42.1 Å². The number of aliphatic hydroxyl groups is 1. The van der Waals surface area contributed by atoms with Crippen molar-refractivity contribution >= 4 is 16.4 Å². The molecule has 0 spiro atoms. The van der Waals surface area contributed by atoms with Crippen molar-refractivity contribution in [1.82, 2.24) is 14.4 Å². The molecule has 0 aliphatic heterocycles. The number of aromatic nitrogens is 3. The van der Waals surface area contributed by atoms with Crippen molar-refractivity contribution in [2.24, 2.45) is 5.92 Å². The lowest BCUT2D eigenvalue weighted by atomic mass is 9.74. The Hall–Kier alpha value is -2.79. The molecular weight excluding hydrogens is 389 g/mol. The van der Waals surface area contributed by atoms with E-state index in [4.69, 9.17) is 0 Å². The zero-order chi connectivity index (χ0) is 20.9. The fraction of sp³-hybridized carbons (Fsp3) is 0.385. The van der Waals surface area contributed by atoms with Gasteiger partial charge in [-0.15, -0.1) is 0 Å². The van der Waals surface area contributed by atoms with Crippen LogP contribution in [0.2, 0.25) is 0 Å². The Morgan fingerprint density at radius 1 is 0.968 bits per heavy atom. The minimum absolute atomic E-state index is 0.236. The van der Waals surface area contributed by atoms with E-state index in [1.54, 1.807) is 12.3 Å². The van der Waals surface area contributed by atoms with Crippen LogP contribution in [0, 0.1) is 11.7 Å². The van der Waals surface area contributed by atoms with Gasteiger partial charge in [0.05, 0.1) is 24.1 Å². The van der Waals surface area contributed by atoms with Gasteiger partial charge in [0.1, 0.15) is 11.3 Å². The number of nitrogens with zero attached hydrogens (tertiary/aromatic N) is 3. The average molecular weight is 416 g/mol. The third kappa shape index (κ3) is 3.23. The van der Waals surface area contributed by atoms with Crippen molar-refractivity contribution in [3.8, 4) is 0 Å². The number of pyridine rings is 2. The van der Waals surface area contributed by atoms with Crippen molar-refractivity contribution in [1.29, 1.82) is 0 Å². The first-order valence-corrected chi connectivity index (χ1v) is 11.4. The summed E-state index contributed by atoms with van der Waals surface area (Å²) in [7, 11) is 0. The van der Waals surface area contributed by atoms with E-state index in [9.17, 15) is 9.50 Å². The number of rotatable bonds is 4. The number of para-hydroxylation sites is 1. The molecule has 1 aromatic carbocycles. The Bertz CT molecular complexity index is 1250. The van der Waals surface area contributed by atoms with Gasteiger partial charge in [0, 0.05) is 23.3 Å². The third-order valence-corrected chi connectivity index (χ3v) is 7.39. The minimum Gasteiger partial charge on any atom is -0.388 e. The van der Waals surface area contributed by atoms with Gasteiger partial charge in [0.25, 0.3) is 0 Å². The monoisotopic (exact) mass is 415 g/mol. The van der Waals surface area contributed by atoms with Crippen LogP contribution in [-0.4, -0.2) is 19.5 Å². The molecule has 0 saturated heterocycles. The highest BCUT2D eigenvalue weighted by Crippen LogP contribution is 2.48. The van der Waals surface area contributed by atoms with Gasteiger partial charge in [-0.2, -0.15) is 0 Å². The zero-order valence-corrected chi connectivity index (χ0v) is 17.4. The van der Waals surface area contributed by atoms with Crippen LogP contribution in [0.15, 0.2) is 55.2 Å². The molecule has 0 unspecified atom stereocenters. The summed E-state index contributed by atoms with van der Waals surface area (Å²) in [5, 5.41) is 12.4. The molecule has 1 N–H and O–H groups in total. The van der Waals surface area contributed by atoms with Gasteiger partial charge < -0.3 is 9.51 Å². The number of halogens is 1. The maximum atomic E-state index is 14.2. The standard InChI is InChI=1S/C26H26FN3O/c27-22-3-1-2-21-19(10-12-29-25(21)22)16-6-8-18(9-7-16)26(31)24-20(17-4-5-17)11-13-30-15-28-14-23(24)30/h1-3,10-18,26,31H,4-9H2/t16-,18-,26-/m0/s1. The van der Waals surface area contributed by atoms with Gasteiger partial charge >= 0.3 is 0 Å². The van der Waals surface area contributed by atoms with Gasteiger partial charge in [0.2, 0.25) is 0 Å². The largest absolute Gasteiger partial charge is 0.388 e. The molecule has 4 aromatic rings. The Labute approximate surface area is 180 Å². The maximum Gasteiger partial charge on any atom is 0.149 e. The predicted octanol–water partition coefficient (Wildman–Crippen LogP) is 5.91. The highest BCUT2D eigenvalue weighted by Gasteiger charge is 2.34. The second-order valence-electron chi connectivity index (χ2n) is 9.24. The fourth-order valence-electron chi connectivity index (χ4n) is 5.60. The molecule has 2 saturated carbocycles. The smallest absolute Gasteiger partial charge is 0.149 e. The summed E-state index contributed by atoms with van der Waals surface area (Å²) in [6, 6.07) is 9.43. The van der Waals surface area contributed by atoms with Gasteiger partial charge in [-0.05, 0) is 85.6 Å². The van der Waals surface area contributed by atoms with Gasteiger partial charge in [-0.25, -0.2) is 9.37 Å². The molecule has 3 aromatic heterocycles. The van der Waals surface area contributed by atoms with Crippen LogP contribution in [-0.2, 0) is 0 Å². The summed E-state index contributed by atoms with van der Waals surface area (Å²) < 4.78 is 16.2. The van der Waals surface area contributed by atoms with Crippen molar-refractivity contribution < 1.29 is 9.50 Å². The molecule has 6 rings (SSSR count). The molecule has 2 fully saturated rings. The van der Waals surface area contributed by atoms with Gasteiger partial charge in [-0.1, -0.05) is 12.1 Å². The van der Waals surface area contributed by atoms with Crippen LogP contribution in [0.1, 0.15) is 73.2 Å². The number of hydrogen-bond acceptors (Lipinski definition) is 3. The molecule has 0 amide bonds. The maximum absolute atomic E-state index is 14.2. The second-order valence-corrected chi connectivity index (χ2v) is 9.24. The number of aliphatic hydroxyl groups excluding tert-OH is 1. The summed E-state index contributed by atoms with van der Waals surface area (Å²) in [4.78, 5) is 8.57. The van der Waals surface area contributed by atoms with Crippen molar-refractivity contribution in [3.63, 3.8) is 0 Å². The molecule has 2 aliphatic carbocycles. The van der Waals surface area contributed by atoms with E-state index in [0.29, 0.717) is 17.4 Å². The van der Waals surface area contributed by atoms with E-state index in [1.807, 2.05) is 29.1 Å². The lowest BCUT2D eigenvalue weighted by molar-refractivity contribution is 0.0811. The molecule has 158 valence electrons. The predicted molar refractivity (Wildman–Crippen MR) is 119 cm³/mol. The van der Waals surface area contributed by atoms with Crippen LogP contribution in [0.4, 0.5) is 4.39 Å². The summed E-state index contributed by atoms with van der Waals surface area (Å²) in [5.74, 6) is 0.938. The SMILES string of the molecule is O[C@H](c1c(C2CC2)ccn2cncc12)[C@H]1CC[C@H](c2ccnc3c(F)cccc32)CC1.